The molecule has 0 unspecified atom stereocenters. The van der Waals surface area contributed by atoms with Crippen LogP contribution in [-0.4, -0.2) is 11.9 Å². The molecule has 1 heterocycles. The van der Waals surface area contributed by atoms with Crippen LogP contribution in [0.3, 0.4) is 0 Å². The normalized spacial score (nSPS) is 15.0. The summed E-state index contributed by atoms with van der Waals surface area (Å²) in [5, 5.41) is 0. The number of carbonyl (C=O) groups is 2. The topological polar surface area (TPSA) is 63.4 Å². The monoisotopic (exact) mass is 208 g/mol. The maximum absolute atomic E-state index is 13.0. The lowest BCUT2D eigenvalue weighted by molar-refractivity contribution is -0.118. The number of aryl methyl sites for hydroxylation is 1. The van der Waals surface area contributed by atoms with Gasteiger partial charge in [0.1, 0.15) is 5.82 Å². The van der Waals surface area contributed by atoms with Gasteiger partial charge in [-0.25, -0.2) is 14.1 Å². The van der Waals surface area contributed by atoms with Crippen LogP contribution in [0.4, 0.5) is 14.9 Å². The number of anilines is 1. The van der Waals surface area contributed by atoms with E-state index in [4.69, 9.17) is 5.73 Å². The Morgan fingerprint density at radius 3 is 2.80 bits per heavy atom. The Kier molecular flexibility index (Phi) is 2.15. The Labute approximate surface area is 85.5 Å². The zero-order valence-corrected chi connectivity index (χ0v) is 7.87. The molecule has 78 valence electrons. The van der Waals surface area contributed by atoms with Gasteiger partial charge in [-0.1, -0.05) is 6.07 Å². The van der Waals surface area contributed by atoms with Gasteiger partial charge in [0.2, 0.25) is 5.91 Å². The molecule has 0 atom stereocenters. The first kappa shape index (κ1) is 9.64. The lowest BCUT2D eigenvalue weighted by atomic mass is 10.0. The van der Waals surface area contributed by atoms with Crippen molar-refractivity contribution < 1.29 is 14.0 Å². The van der Waals surface area contributed by atoms with Crippen molar-refractivity contribution in [3.8, 4) is 0 Å². The predicted molar refractivity (Wildman–Crippen MR) is 51.8 cm³/mol. The summed E-state index contributed by atoms with van der Waals surface area (Å²) < 4.78 is 13.0. The van der Waals surface area contributed by atoms with E-state index in [0.717, 1.165) is 16.5 Å². The van der Waals surface area contributed by atoms with E-state index in [1.165, 1.54) is 6.07 Å². The molecule has 3 amide bonds. The second kappa shape index (κ2) is 3.34. The Morgan fingerprint density at radius 2 is 2.13 bits per heavy atom. The van der Waals surface area contributed by atoms with Gasteiger partial charge in [0.25, 0.3) is 0 Å². The number of fused-ring (bicyclic) bond motifs is 1. The summed E-state index contributed by atoms with van der Waals surface area (Å²) in [7, 11) is 0. The van der Waals surface area contributed by atoms with E-state index in [1.807, 2.05) is 0 Å². The van der Waals surface area contributed by atoms with Crippen molar-refractivity contribution in [1.82, 2.24) is 0 Å². The highest BCUT2D eigenvalue weighted by molar-refractivity contribution is 6.15. The minimum absolute atomic E-state index is 0.224. The molecule has 0 spiro atoms. The average molecular weight is 208 g/mol. The number of rotatable bonds is 0. The number of hydrogen-bond donors (Lipinski definition) is 1. The standard InChI is InChI=1S/C10H9FN2O2/c11-7-3-1-6-2-4-9(14)13(10(12)15)8(6)5-7/h1,3,5H,2,4H2,(H2,12,15). The summed E-state index contributed by atoms with van der Waals surface area (Å²) in [5.74, 6) is -0.879. The van der Waals surface area contributed by atoms with Gasteiger partial charge in [0.05, 0.1) is 5.69 Å². The number of urea groups is 1. The van der Waals surface area contributed by atoms with Gasteiger partial charge in [-0.3, -0.25) is 4.79 Å². The van der Waals surface area contributed by atoms with E-state index in [0.29, 0.717) is 6.42 Å². The van der Waals surface area contributed by atoms with Crippen LogP contribution in [0.5, 0.6) is 0 Å². The van der Waals surface area contributed by atoms with E-state index >= 15 is 0 Å². The number of carbonyl (C=O) groups excluding carboxylic acids is 2. The van der Waals surface area contributed by atoms with Gasteiger partial charge in [0.15, 0.2) is 0 Å². The zero-order chi connectivity index (χ0) is 11.0. The molecule has 0 saturated carbocycles. The van der Waals surface area contributed by atoms with E-state index in [1.54, 1.807) is 6.07 Å². The summed E-state index contributed by atoms with van der Waals surface area (Å²) >= 11 is 0. The summed E-state index contributed by atoms with van der Waals surface area (Å²) in [5.41, 5.74) is 6.09. The molecule has 0 radical (unpaired) electrons. The average Bonchev–Trinajstić information content (AvgIpc) is 2.16. The van der Waals surface area contributed by atoms with Crippen LogP contribution in [-0.2, 0) is 11.2 Å². The third-order valence-corrected chi connectivity index (χ3v) is 2.37. The van der Waals surface area contributed by atoms with E-state index in [2.05, 4.69) is 0 Å². The maximum atomic E-state index is 13.0. The molecule has 0 fully saturated rings. The Hall–Kier alpha value is -1.91. The lowest BCUT2D eigenvalue weighted by Gasteiger charge is -2.25. The lowest BCUT2D eigenvalue weighted by Crippen LogP contribution is -2.43. The molecule has 1 aliphatic rings. The van der Waals surface area contributed by atoms with Crippen molar-refractivity contribution in [2.75, 3.05) is 4.90 Å². The van der Waals surface area contributed by atoms with Gasteiger partial charge in [-0.15, -0.1) is 0 Å². The van der Waals surface area contributed by atoms with Gasteiger partial charge in [-0.05, 0) is 24.1 Å². The summed E-state index contributed by atoms with van der Waals surface area (Å²) in [4.78, 5) is 23.3. The molecule has 4 nitrogen and oxygen atoms in total. The fourth-order valence-corrected chi connectivity index (χ4v) is 1.69. The molecular weight excluding hydrogens is 199 g/mol. The molecule has 0 aliphatic carbocycles. The molecule has 1 aliphatic heterocycles. The quantitative estimate of drug-likeness (QED) is 0.695. The largest absolute Gasteiger partial charge is 0.351 e. The minimum atomic E-state index is -0.869. The number of hydrogen-bond acceptors (Lipinski definition) is 2. The van der Waals surface area contributed by atoms with E-state index in [-0.39, 0.29) is 18.0 Å². The fraction of sp³-hybridized carbons (Fsp3) is 0.200. The van der Waals surface area contributed by atoms with Crippen molar-refractivity contribution in [2.24, 2.45) is 5.73 Å². The van der Waals surface area contributed by atoms with Gasteiger partial charge < -0.3 is 5.73 Å². The fourth-order valence-electron chi connectivity index (χ4n) is 1.69. The number of nitrogens with zero attached hydrogens (tertiary/aromatic N) is 1. The molecular formula is C10H9FN2O2. The molecule has 15 heavy (non-hydrogen) atoms. The molecule has 5 heteroatoms. The van der Waals surface area contributed by atoms with Crippen LogP contribution in [0, 0.1) is 5.82 Å². The molecule has 1 aromatic rings. The second-order valence-electron chi connectivity index (χ2n) is 3.34. The van der Waals surface area contributed by atoms with Crippen molar-refractivity contribution in [2.45, 2.75) is 12.8 Å². The number of primary amides is 1. The first-order valence-corrected chi connectivity index (χ1v) is 4.50. The van der Waals surface area contributed by atoms with Crippen molar-refractivity contribution in [1.29, 1.82) is 0 Å². The van der Waals surface area contributed by atoms with Crippen molar-refractivity contribution >= 4 is 17.6 Å². The van der Waals surface area contributed by atoms with E-state index in [9.17, 15) is 14.0 Å². The molecule has 1 aromatic carbocycles. The smallest absolute Gasteiger partial charge is 0.326 e. The molecule has 2 N–H and O–H groups in total. The zero-order valence-electron chi connectivity index (χ0n) is 7.87. The van der Waals surface area contributed by atoms with Gasteiger partial charge in [-0.2, -0.15) is 0 Å². The first-order valence-electron chi connectivity index (χ1n) is 4.50. The Morgan fingerprint density at radius 1 is 1.40 bits per heavy atom. The number of benzene rings is 1. The highest BCUT2D eigenvalue weighted by Gasteiger charge is 2.28. The molecule has 0 saturated heterocycles. The van der Waals surface area contributed by atoms with Crippen LogP contribution in [0.25, 0.3) is 0 Å². The SMILES string of the molecule is NC(=O)N1C(=O)CCc2ccc(F)cc21. The maximum Gasteiger partial charge on any atom is 0.326 e. The van der Waals surface area contributed by atoms with E-state index < -0.39 is 11.8 Å². The van der Waals surface area contributed by atoms with Crippen LogP contribution >= 0.6 is 0 Å². The molecule has 0 aromatic heterocycles. The van der Waals surface area contributed by atoms with Crippen molar-refractivity contribution in [3.63, 3.8) is 0 Å². The summed E-state index contributed by atoms with van der Waals surface area (Å²) in [6.07, 6.45) is 0.736. The second-order valence-corrected chi connectivity index (χ2v) is 3.34. The first-order chi connectivity index (χ1) is 7.09. The number of amides is 3. The Bertz CT molecular complexity index is 445. The van der Waals surface area contributed by atoms with Crippen LogP contribution in [0.15, 0.2) is 18.2 Å². The third-order valence-electron chi connectivity index (χ3n) is 2.37. The minimum Gasteiger partial charge on any atom is -0.351 e. The highest BCUT2D eigenvalue weighted by Crippen LogP contribution is 2.28. The number of halogens is 1. The van der Waals surface area contributed by atoms with Crippen LogP contribution < -0.4 is 10.6 Å². The van der Waals surface area contributed by atoms with Crippen LogP contribution in [0.2, 0.25) is 0 Å². The van der Waals surface area contributed by atoms with Crippen molar-refractivity contribution in [3.05, 3.63) is 29.6 Å². The highest BCUT2D eigenvalue weighted by atomic mass is 19.1. The summed E-state index contributed by atoms with van der Waals surface area (Å²) in [6, 6.07) is 3.14. The van der Waals surface area contributed by atoms with Gasteiger partial charge in [0, 0.05) is 6.42 Å². The van der Waals surface area contributed by atoms with Gasteiger partial charge >= 0.3 is 6.03 Å². The van der Waals surface area contributed by atoms with Crippen LogP contribution in [0.1, 0.15) is 12.0 Å². The summed E-state index contributed by atoms with van der Waals surface area (Å²) in [6.45, 7) is 0. The Balaban J connectivity index is 2.55. The molecule has 2 rings (SSSR count). The predicted octanol–water partition coefficient (Wildman–Crippen LogP) is 1.18. The number of nitrogens with two attached hydrogens (primary N) is 1. The number of imide groups is 1. The molecule has 0 bridgehead atoms. The third kappa shape index (κ3) is 1.56.